The number of nitrogens with one attached hydrogen (secondary N) is 1. The molecule has 0 aliphatic rings. The zero-order chi connectivity index (χ0) is 8.81. The molecule has 1 aromatic rings. The van der Waals surface area contributed by atoms with Crippen LogP contribution in [0.1, 0.15) is 0 Å². The number of anilines is 1. The Kier molecular flexibility index (Phi) is 3.08. The van der Waals surface area contributed by atoms with Gasteiger partial charge in [-0.15, -0.1) is 6.58 Å². The maximum Gasteiger partial charge on any atom is 0.178 e. The monoisotopic (exact) mass is 161 g/mol. The summed E-state index contributed by atoms with van der Waals surface area (Å²) in [6.45, 7) is 4.29. The zero-order valence-corrected chi connectivity index (χ0v) is 6.79. The van der Waals surface area contributed by atoms with E-state index in [1.807, 2.05) is 6.07 Å². The first kappa shape index (κ1) is 8.53. The average molecular weight is 161 g/mol. The molecule has 1 N–H and O–H groups in total. The van der Waals surface area contributed by atoms with Crippen LogP contribution in [0, 0.1) is 0 Å². The van der Waals surface area contributed by atoms with Gasteiger partial charge in [-0.3, -0.25) is 4.79 Å². The van der Waals surface area contributed by atoms with Crippen LogP contribution >= 0.6 is 0 Å². The third-order valence-electron chi connectivity index (χ3n) is 1.41. The van der Waals surface area contributed by atoms with Gasteiger partial charge in [0, 0.05) is 12.2 Å². The standard InChI is InChI=1S/C10H11NO/c1-2-8-11-9-4-3-5-10(12)7-6-9/h2-7,11H,1,8H2. The highest BCUT2D eigenvalue weighted by Crippen LogP contribution is 2.00. The lowest BCUT2D eigenvalue weighted by molar-refractivity contribution is 1.35. The Morgan fingerprint density at radius 1 is 1.33 bits per heavy atom. The molecule has 0 fully saturated rings. The molecule has 0 heterocycles. The second kappa shape index (κ2) is 4.34. The zero-order valence-electron chi connectivity index (χ0n) is 6.79. The van der Waals surface area contributed by atoms with Crippen molar-refractivity contribution >= 4 is 5.69 Å². The van der Waals surface area contributed by atoms with Gasteiger partial charge < -0.3 is 5.32 Å². The third kappa shape index (κ3) is 2.58. The summed E-state index contributed by atoms with van der Waals surface area (Å²) in [5, 5.41) is 3.08. The molecule has 62 valence electrons. The Balaban J connectivity index is 2.82. The van der Waals surface area contributed by atoms with E-state index in [4.69, 9.17) is 0 Å². The number of rotatable bonds is 3. The average Bonchev–Trinajstić information content (AvgIpc) is 2.27. The van der Waals surface area contributed by atoms with E-state index in [1.165, 1.54) is 12.1 Å². The van der Waals surface area contributed by atoms with Crippen LogP contribution in [0.5, 0.6) is 0 Å². The van der Waals surface area contributed by atoms with E-state index < -0.39 is 0 Å². The minimum atomic E-state index is 0.0154. The first-order valence-corrected chi connectivity index (χ1v) is 3.78. The van der Waals surface area contributed by atoms with Gasteiger partial charge >= 0.3 is 0 Å². The third-order valence-corrected chi connectivity index (χ3v) is 1.41. The van der Waals surface area contributed by atoms with Crippen molar-refractivity contribution in [3.8, 4) is 0 Å². The highest BCUT2D eigenvalue weighted by atomic mass is 16.1. The number of hydrogen-bond donors (Lipinski definition) is 1. The van der Waals surface area contributed by atoms with Gasteiger partial charge in [0.1, 0.15) is 0 Å². The quantitative estimate of drug-likeness (QED) is 0.683. The molecule has 12 heavy (non-hydrogen) atoms. The van der Waals surface area contributed by atoms with Gasteiger partial charge in [-0.05, 0) is 24.3 Å². The van der Waals surface area contributed by atoms with Crippen LogP contribution in [-0.4, -0.2) is 6.54 Å². The molecule has 0 aliphatic heterocycles. The topological polar surface area (TPSA) is 29.1 Å². The van der Waals surface area contributed by atoms with E-state index >= 15 is 0 Å². The minimum Gasteiger partial charge on any atom is -0.382 e. The molecule has 0 aliphatic carbocycles. The fraction of sp³-hybridized carbons (Fsp3) is 0.100. The Hall–Kier alpha value is -1.57. The first-order chi connectivity index (χ1) is 5.83. The lowest BCUT2D eigenvalue weighted by Gasteiger charge is -1.97. The van der Waals surface area contributed by atoms with E-state index in [0.717, 1.165) is 5.69 Å². The van der Waals surface area contributed by atoms with E-state index in [9.17, 15) is 4.79 Å². The van der Waals surface area contributed by atoms with Crippen LogP contribution in [0.25, 0.3) is 0 Å². The highest BCUT2D eigenvalue weighted by molar-refractivity contribution is 5.41. The molecule has 0 atom stereocenters. The van der Waals surface area contributed by atoms with Gasteiger partial charge in [-0.1, -0.05) is 12.1 Å². The Bertz CT molecular complexity index is 320. The Labute approximate surface area is 71.6 Å². The molecule has 0 saturated heterocycles. The highest BCUT2D eigenvalue weighted by Gasteiger charge is 1.85. The molecule has 0 amide bonds. The van der Waals surface area contributed by atoms with Crippen LogP contribution in [0.4, 0.5) is 5.69 Å². The first-order valence-electron chi connectivity index (χ1n) is 3.78. The lowest BCUT2D eigenvalue weighted by Crippen LogP contribution is -1.95. The second-order valence-electron chi connectivity index (χ2n) is 2.39. The fourth-order valence-electron chi connectivity index (χ4n) is 0.838. The van der Waals surface area contributed by atoms with Crippen molar-refractivity contribution in [2.24, 2.45) is 0 Å². The summed E-state index contributed by atoms with van der Waals surface area (Å²) >= 11 is 0. The summed E-state index contributed by atoms with van der Waals surface area (Å²) in [4.78, 5) is 10.8. The lowest BCUT2D eigenvalue weighted by atomic mass is 10.4. The van der Waals surface area contributed by atoms with Gasteiger partial charge in [0.15, 0.2) is 5.43 Å². The van der Waals surface area contributed by atoms with Crippen molar-refractivity contribution in [1.29, 1.82) is 0 Å². The normalized spacial score (nSPS) is 9.00. The fourth-order valence-corrected chi connectivity index (χ4v) is 0.838. The van der Waals surface area contributed by atoms with Crippen LogP contribution in [-0.2, 0) is 0 Å². The van der Waals surface area contributed by atoms with Gasteiger partial charge in [0.25, 0.3) is 0 Å². The molecule has 0 saturated carbocycles. The minimum absolute atomic E-state index is 0.0154. The maximum atomic E-state index is 10.8. The predicted octanol–water partition coefficient (Wildman–Crippen LogP) is 1.64. The molecule has 0 unspecified atom stereocenters. The van der Waals surface area contributed by atoms with Crippen LogP contribution in [0.2, 0.25) is 0 Å². The largest absolute Gasteiger partial charge is 0.382 e. The van der Waals surface area contributed by atoms with Crippen LogP contribution in [0.15, 0.2) is 47.8 Å². The Morgan fingerprint density at radius 3 is 2.92 bits per heavy atom. The SMILES string of the molecule is C=CCNc1cccc(=O)cc1. The molecule has 2 nitrogen and oxygen atoms in total. The van der Waals surface area contributed by atoms with E-state index in [-0.39, 0.29) is 5.43 Å². The van der Waals surface area contributed by atoms with Crippen molar-refractivity contribution in [1.82, 2.24) is 0 Å². The van der Waals surface area contributed by atoms with E-state index in [1.54, 1.807) is 18.2 Å². The van der Waals surface area contributed by atoms with Gasteiger partial charge in [-0.25, -0.2) is 0 Å². The molecule has 1 aromatic carbocycles. The van der Waals surface area contributed by atoms with E-state index in [2.05, 4.69) is 11.9 Å². The molecule has 2 heteroatoms. The van der Waals surface area contributed by atoms with Crippen molar-refractivity contribution in [2.45, 2.75) is 0 Å². The van der Waals surface area contributed by atoms with Crippen molar-refractivity contribution in [3.05, 3.63) is 53.2 Å². The van der Waals surface area contributed by atoms with Crippen LogP contribution < -0.4 is 10.7 Å². The van der Waals surface area contributed by atoms with E-state index in [0.29, 0.717) is 6.54 Å². The summed E-state index contributed by atoms with van der Waals surface area (Å²) in [5.41, 5.74) is 0.943. The summed E-state index contributed by atoms with van der Waals surface area (Å²) in [6, 6.07) is 8.40. The molecule has 0 aromatic heterocycles. The smallest absolute Gasteiger partial charge is 0.178 e. The van der Waals surface area contributed by atoms with Gasteiger partial charge in [-0.2, -0.15) is 0 Å². The molecule has 1 rings (SSSR count). The summed E-state index contributed by atoms with van der Waals surface area (Å²) in [7, 11) is 0. The molecule has 0 spiro atoms. The number of hydrogen-bond acceptors (Lipinski definition) is 2. The summed E-state index contributed by atoms with van der Waals surface area (Å²) < 4.78 is 0. The van der Waals surface area contributed by atoms with Crippen molar-refractivity contribution in [2.75, 3.05) is 11.9 Å². The maximum absolute atomic E-state index is 10.8. The molecular weight excluding hydrogens is 150 g/mol. The second-order valence-corrected chi connectivity index (χ2v) is 2.39. The summed E-state index contributed by atoms with van der Waals surface area (Å²) in [5.74, 6) is 0. The summed E-state index contributed by atoms with van der Waals surface area (Å²) in [6.07, 6.45) is 1.77. The van der Waals surface area contributed by atoms with Crippen LogP contribution in [0.3, 0.4) is 0 Å². The predicted molar refractivity (Wildman–Crippen MR) is 51.4 cm³/mol. The van der Waals surface area contributed by atoms with Crippen molar-refractivity contribution < 1.29 is 0 Å². The Morgan fingerprint density at radius 2 is 2.17 bits per heavy atom. The van der Waals surface area contributed by atoms with Gasteiger partial charge in [0.2, 0.25) is 0 Å². The van der Waals surface area contributed by atoms with Gasteiger partial charge in [0.05, 0.1) is 0 Å². The molecule has 0 radical (unpaired) electrons. The van der Waals surface area contributed by atoms with Crippen molar-refractivity contribution in [3.63, 3.8) is 0 Å². The molecule has 0 bridgehead atoms. The molecular formula is C10H11NO.